The number of aryl methyl sites for hydroxylation is 2. The molecule has 5 heteroatoms. The molecule has 138 valence electrons. The van der Waals surface area contributed by atoms with Crippen LogP contribution in [-0.4, -0.2) is 18.4 Å². The van der Waals surface area contributed by atoms with Crippen molar-refractivity contribution in [1.82, 2.24) is 0 Å². The van der Waals surface area contributed by atoms with Crippen LogP contribution < -0.4 is 9.80 Å². The number of carbonyl (C=O) groups is 1. The van der Waals surface area contributed by atoms with Crippen LogP contribution in [0.25, 0.3) is 0 Å². The minimum Gasteiger partial charge on any atom is -0.489 e. The lowest BCUT2D eigenvalue weighted by Crippen LogP contribution is -2.28. The first-order chi connectivity index (χ1) is 12.5. The quantitative estimate of drug-likeness (QED) is 0.587. The van der Waals surface area contributed by atoms with Gasteiger partial charge in [-0.3, -0.25) is 5.21 Å². The lowest BCUT2D eigenvalue weighted by Gasteiger charge is -2.21. The van der Waals surface area contributed by atoms with E-state index in [1.54, 1.807) is 6.07 Å². The number of nitrogens with zero attached hydrogens (tertiary/aromatic N) is 1. The van der Waals surface area contributed by atoms with Crippen LogP contribution >= 0.6 is 0 Å². The third kappa shape index (κ3) is 3.83. The largest absolute Gasteiger partial charge is 0.489 e. The highest BCUT2D eigenvalue weighted by Crippen LogP contribution is 2.44. The van der Waals surface area contributed by atoms with E-state index in [2.05, 4.69) is 24.7 Å². The Bertz CT molecular complexity index is 799. The third-order valence-electron chi connectivity index (χ3n) is 4.75. The number of hydroxylamine groups is 1. The van der Waals surface area contributed by atoms with Crippen molar-refractivity contribution in [1.29, 1.82) is 0 Å². The second-order valence-corrected chi connectivity index (χ2v) is 6.65. The Kier molecular flexibility index (Phi) is 5.47. The Balaban J connectivity index is 1.92. The molecule has 0 atom stereocenters. The summed E-state index contributed by atoms with van der Waals surface area (Å²) in [5, 5.41) is 10.8. The molecule has 3 rings (SSSR count). The third-order valence-corrected chi connectivity index (χ3v) is 4.75. The highest BCUT2D eigenvalue weighted by Gasteiger charge is 2.29. The molecule has 0 aliphatic heterocycles. The second kappa shape index (κ2) is 7.79. The zero-order valence-corrected chi connectivity index (χ0v) is 15.5. The van der Waals surface area contributed by atoms with Crippen molar-refractivity contribution in [2.45, 2.75) is 45.6 Å². The van der Waals surface area contributed by atoms with Crippen molar-refractivity contribution >= 4 is 11.8 Å². The average molecular weight is 355 g/mol. The summed E-state index contributed by atoms with van der Waals surface area (Å²) in [6.45, 7) is 4.44. The Labute approximate surface area is 154 Å². The van der Waals surface area contributed by atoms with Gasteiger partial charge < -0.3 is 9.47 Å². The number of benzene rings is 2. The Morgan fingerprint density at radius 3 is 2.69 bits per heavy atom. The maximum absolute atomic E-state index is 11.8. The van der Waals surface area contributed by atoms with Gasteiger partial charge in [-0.25, -0.2) is 4.79 Å². The van der Waals surface area contributed by atoms with Crippen LogP contribution in [-0.2, 0) is 17.8 Å². The first-order valence-corrected chi connectivity index (χ1v) is 8.96. The van der Waals surface area contributed by atoms with Gasteiger partial charge in [0.05, 0.1) is 12.8 Å². The molecule has 2 aromatic carbocycles. The van der Waals surface area contributed by atoms with Gasteiger partial charge in [0.25, 0.3) is 0 Å². The number of amides is 1. The topological polar surface area (TPSA) is 59.0 Å². The molecule has 0 aromatic heterocycles. The molecule has 0 spiro atoms. The molecule has 1 fully saturated rings. The SMILES string of the molecule is CCc1cc(C)ccc1OCc1c(C2CC2)cccc1N(O)C(=O)OC. The normalized spacial score (nSPS) is 13.4. The van der Waals surface area contributed by atoms with Crippen LogP contribution in [0.5, 0.6) is 5.75 Å². The number of anilines is 1. The summed E-state index contributed by atoms with van der Waals surface area (Å²) in [6.07, 6.45) is 2.29. The number of rotatable bonds is 6. The van der Waals surface area contributed by atoms with Crippen molar-refractivity contribution in [3.05, 3.63) is 58.7 Å². The molecule has 1 N–H and O–H groups in total. The van der Waals surface area contributed by atoms with E-state index in [1.807, 2.05) is 24.3 Å². The molecule has 1 aliphatic carbocycles. The number of ether oxygens (including phenoxy) is 2. The summed E-state index contributed by atoms with van der Waals surface area (Å²) < 4.78 is 10.7. The maximum Gasteiger partial charge on any atom is 0.438 e. The van der Waals surface area contributed by atoms with Crippen molar-refractivity contribution in [3.8, 4) is 5.75 Å². The highest BCUT2D eigenvalue weighted by atomic mass is 16.6. The fourth-order valence-electron chi connectivity index (χ4n) is 3.18. The van der Waals surface area contributed by atoms with Gasteiger partial charge in [0.1, 0.15) is 12.4 Å². The standard InChI is InChI=1S/C21H25NO4/c1-4-15-12-14(2)8-11-20(15)26-13-18-17(16-9-10-16)6-5-7-19(18)22(24)21(23)25-3/h5-8,11-12,16,24H,4,9-10,13H2,1-3H3. The van der Waals surface area contributed by atoms with Gasteiger partial charge in [-0.2, -0.15) is 5.06 Å². The number of carbonyl (C=O) groups excluding carboxylic acids is 1. The first kappa shape index (κ1) is 18.3. The number of methoxy groups -OCH3 is 1. The van der Waals surface area contributed by atoms with Gasteiger partial charge in [-0.05, 0) is 55.4 Å². The highest BCUT2D eigenvalue weighted by molar-refractivity contribution is 5.86. The van der Waals surface area contributed by atoms with E-state index in [0.29, 0.717) is 16.7 Å². The summed E-state index contributed by atoms with van der Waals surface area (Å²) in [5.74, 6) is 1.29. The molecule has 26 heavy (non-hydrogen) atoms. The molecule has 1 saturated carbocycles. The van der Waals surface area contributed by atoms with Crippen LogP contribution in [0.2, 0.25) is 0 Å². The lowest BCUT2D eigenvalue weighted by atomic mass is 10.0. The van der Waals surface area contributed by atoms with Gasteiger partial charge >= 0.3 is 6.09 Å². The average Bonchev–Trinajstić information content (AvgIpc) is 3.50. The van der Waals surface area contributed by atoms with Crippen LogP contribution in [0.1, 0.15) is 47.9 Å². The molecule has 0 unspecified atom stereocenters. The number of hydrogen-bond donors (Lipinski definition) is 1. The molecule has 0 bridgehead atoms. The van der Waals surface area contributed by atoms with Crippen LogP contribution in [0, 0.1) is 6.92 Å². The Morgan fingerprint density at radius 2 is 2.04 bits per heavy atom. The Morgan fingerprint density at radius 1 is 1.27 bits per heavy atom. The molecular weight excluding hydrogens is 330 g/mol. The van der Waals surface area contributed by atoms with E-state index in [9.17, 15) is 10.0 Å². The Hall–Kier alpha value is -2.53. The van der Waals surface area contributed by atoms with Crippen molar-refractivity contribution < 1.29 is 19.5 Å². The van der Waals surface area contributed by atoms with Gasteiger partial charge in [0.15, 0.2) is 0 Å². The predicted molar refractivity (Wildman–Crippen MR) is 100.0 cm³/mol. The van der Waals surface area contributed by atoms with Gasteiger partial charge in [0, 0.05) is 5.56 Å². The van der Waals surface area contributed by atoms with Gasteiger partial charge in [-0.1, -0.05) is 36.8 Å². The molecule has 1 aliphatic rings. The smallest absolute Gasteiger partial charge is 0.438 e. The predicted octanol–water partition coefficient (Wildman–Crippen LogP) is 4.98. The molecule has 1 amide bonds. The molecule has 2 aromatic rings. The van der Waals surface area contributed by atoms with Crippen LogP contribution in [0.3, 0.4) is 0 Å². The zero-order chi connectivity index (χ0) is 18.7. The number of hydrogen-bond acceptors (Lipinski definition) is 4. The summed E-state index contributed by atoms with van der Waals surface area (Å²) in [6, 6.07) is 11.7. The minimum absolute atomic E-state index is 0.284. The van der Waals surface area contributed by atoms with Gasteiger partial charge in [-0.15, -0.1) is 0 Å². The fourth-order valence-corrected chi connectivity index (χ4v) is 3.18. The van der Waals surface area contributed by atoms with Crippen LogP contribution in [0.15, 0.2) is 36.4 Å². The maximum atomic E-state index is 11.8. The van der Waals surface area contributed by atoms with E-state index >= 15 is 0 Å². The van der Waals surface area contributed by atoms with Gasteiger partial charge in [0.2, 0.25) is 0 Å². The lowest BCUT2D eigenvalue weighted by molar-refractivity contribution is 0.140. The van der Waals surface area contributed by atoms with E-state index in [0.717, 1.165) is 41.7 Å². The fraction of sp³-hybridized carbons (Fsp3) is 0.381. The van der Waals surface area contributed by atoms with E-state index in [1.165, 1.54) is 12.7 Å². The van der Waals surface area contributed by atoms with E-state index in [4.69, 9.17) is 4.74 Å². The summed E-state index contributed by atoms with van der Waals surface area (Å²) in [5.41, 5.74) is 4.69. The second-order valence-electron chi connectivity index (χ2n) is 6.65. The summed E-state index contributed by atoms with van der Waals surface area (Å²) >= 11 is 0. The van der Waals surface area contributed by atoms with Crippen molar-refractivity contribution in [3.63, 3.8) is 0 Å². The molecule has 0 heterocycles. The zero-order valence-electron chi connectivity index (χ0n) is 15.5. The summed E-state index contributed by atoms with van der Waals surface area (Å²) in [4.78, 5) is 11.8. The molecule has 5 nitrogen and oxygen atoms in total. The monoisotopic (exact) mass is 355 g/mol. The molecule has 0 radical (unpaired) electrons. The first-order valence-electron chi connectivity index (χ1n) is 8.96. The minimum atomic E-state index is -0.816. The van der Waals surface area contributed by atoms with E-state index in [-0.39, 0.29) is 6.61 Å². The van der Waals surface area contributed by atoms with E-state index < -0.39 is 6.09 Å². The molecular formula is C21H25NO4. The van der Waals surface area contributed by atoms with Crippen molar-refractivity contribution in [2.24, 2.45) is 0 Å². The molecule has 0 saturated heterocycles. The van der Waals surface area contributed by atoms with Crippen LogP contribution in [0.4, 0.5) is 10.5 Å². The van der Waals surface area contributed by atoms with Crippen molar-refractivity contribution in [2.75, 3.05) is 12.2 Å². The summed E-state index contributed by atoms with van der Waals surface area (Å²) in [7, 11) is 1.24.